The van der Waals surface area contributed by atoms with E-state index < -0.39 is 11.5 Å². The number of rotatable bonds is 1. The van der Waals surface area contributed by atoms with Gasteiger partial charge in [-0.2, -0.15) is 0 Å². The number of phenols is 1. The van der Waals surface area contributed by atoms with Gasteiger partial charge in [-0.15, -0.1) is 0 Å². The molecule has 16 heavy (non-hydrogen) atoms. The summed E-state index contributed by atoms with van der Waals surface area (Å²) in [5.74, 6) is -1.35. The lowest BCUT2D eigenvalue weighted by Gasteiger charge is -2.06. The number of aromatic carboxylic acids is 1. The van der Waals surface area contributed by atoms with Gasteiger partial charge in [0.15, 0.2) is 0 Å². The number of aromatic nitrogens is 1. The molecule has 0 saturated carbocycles. The van der Waals surface area contributed by atoms with Gasteiger partial charge in [0.1, 0.15) is 11.3 Å². The van der Waals surface area contributed by atoms with Crippen LogP contribution in [0.15, 0.2) is 23.0 Å². The average Bonchev–Trinajstić information content (AvgIpc) is 2.19. The number of nitrogens with one attached hydrogen (secondary N) is 1. The molecule has 0 aliphatic rings. The van der Waals surface area contributed by atoms with Gasteiger partial charge in [-0.05, 0) is 18.6 Å². The van der Waals surface area contributed by atoms with Gasteiger partial charge < -0.3 is 15.2 Å². The molecule has 0 fully saturated rings. The van der Waals surface area contributed by atoms with Gasteiger partial charge in [-0.25, -0.2) is 4.79 Å². The van der Waals surface area contributed by atoms with Crippen LogP contribution in [0.3, 0.4) is 0 Å². The molecule has 0 atom stereocenters. The van der Waals surface area contributed by atoms with Crippen LogP contribution in [0.1, 0.15) is 15.9 Å². The van der Waals surface area contributed by atoms with Gasteiger partial charge >= 0.3 is 5.97 Å². The van der Waals surface area contributed by atoms with Crippen molar-refractivity contribution in [2.75, 3.05) is 0 Å². The third-order valence-corrected chi connectivity index (χ3v) is 2.50. The smallest absolute Gasteiger partial charge is 0.341 e. The Labute approximate surface area is 90.0 Å². The first-order valence-corrected chi connectivity index (χ1v) is 4.60. The summed E-state index contributed by atoms with van der Waals surface area (Å²) in [7, 11) is 0. The molecular weight excluding hydrogens is 210 g/mol. The number of aromatic hydroxyl groups is 1. The van der Waals surface area contributed by atoms with Gasteiger partial charge in [-0.3, -0.25) is 4.79 Å². The molecule has 3 N–H and O–H groups in total. The van der Waals surface area contributed by atoms with Crippen molar-refractivity contribution >= 4 is 16.9 Å². The number of carboxylic acids is 1. The fourth-order valence-electron chi connectivity index (χ4n) is 1.72. The molecular formula is C11H9NO4. The molecule has 0 amide bonds. The lowest BCUT2D eigenvalue weighted by Crippen LogP contribution is -2.19. The molecule has 5 nitrogen and oxygen atoms in total. The van der Waals surface area contributed by atoms with E-state index in [1.807, 2.05) is 0 Å². The Hall–Kier alpha value is -2.30. The SMILES string of the molecule is Cc1c(C(=O)O)c(=O)[nH]c2c(O)cccc12. The Bertz CT molecular complexity index is 642. The van der Waals surface area contributed by atoms with Crippen LogP contribution in [0.25, 0.3) is 10.9 Å². The van der Waals surface area contributed by atoms with Crippen molar-refractivity contribution in [2.45, 2.75) is 6.92 Å². The number of pyridine rings is 1. The molecule has 0 saturated heterocycles. The fourth-order valence-corrected chi connectivity index (χ4v) is 1.72. The molecule has 0 aliphatic heterocycles. The number of carboxylic acid groups (broad SMARTS) is 1. The molecule has 82 valence electrons. The summed E-state index contributed by atoms with van der Waals surface area (Å²) in [6.45, 7) is 1.54. The van der Waals surface area contributed by atoms with Crippen LogP contribution >= 0.6 is 0 Å². The molecule has 0 aliphatic carbocycles. The van der Waals surface area contributed by atoms with E-state index in [1.165, 1.54) is 6.07 Å². The lowest BCUT2D eigenvalue weighted by molar-refractivity contribution is 0.0694. The maximum atomic E-state index is 11.5. The number of aromatic amines is 1. The molecule has 0 unspecified atom stereocenters. The predicted molar refractivity (Wildman–Crippen MR) is 57.9 cm³/mol. The van der Waals surface area contributed by atoms with Crippen molar-refractivity contribution < 1.29 is 15.0 Å². The minimum atomic E-state index is -1.27. The quantitative estimate of drug-likeness (QED) is 0.673. The number of fused-ring (bicyclic) bond motifs is 1. The first kappa shape index (κ1) is 10.2. The van der Waals surface area contributed by atoms with E-state index in [0.717, 1.165) is 0 Å². The van der Waals surface area contributed by atoms with Crippen LogP contribution in [0.2, 0.25) is 0 Å². The van der Waals surface area contributed by atoms with Crippen molar-refractivity contribution in [3.05, 3.63) is 39.7 Å². The summed E-state index contributed by atoms with van der Waals surface area (Å²) in [4.78, 5) is 24.8. The third-order valence-electron chi connectivity index (χ3n) is 2.50. The van der Waals surface area contributed by atoms with Gasteiger partial charge in [0.2, 0.25) is 0 Å². The van der Waals surface area contributed by atoms with E-state index in [4.69, 9.17) is 5.11 Å². The average molecular weight is 219 g/mol. The van der Waals surface area contributed by atoms with Crippen LogP contribution in [0.4, 0.5) is 0 Å². The van der Waals surface area contributed by atoms with Crippen LogP contribution in [0.5, 0.6) is 5.75 Å². The van der Waals surface area contributed by atoms with E-state index in [1.54, 1.807) is 19.1 Å². The van der Waals surface area contributed by atoms with Crippen LogP contribution in [-0.2, 0) is 0 Å². The summed E-state index contributed by atoms with van der Waals surface area (Å²) in [6.07, 6.45) is 0. The largest absolute Gasteiger partial charge is 0.506 e. The first-order chi connectivity index (χ1) is 7.52. The van der Waals surface area contributed by atoms with Crippen molar-refractivity contribution in [3.8, 4) is 5.75 Å². The zero-order valence-corrected chi connectivity index (χ0v) is 8.44. The number of benzene rings is 1. The normalized spacial score (nSPS) is 10.6. The van der Waals surface area contributed by atoms with E-state index in [9.17, 15) is 14.7 Å². The molecule has 0 radical (unpaired) electrons. The summed E-state index contributed by atoms with van der Waals surface area (Å²) in [5, 5.41) is 18.9. The fraction of sp³-hybridized carbons (Fsp3) is 0.0909. The minimum absolute atomic E-state index is 0.0744. The number of para-hydroxylation sites is 1. The number of H-pyrrole nitrogens is 1. The molecule has 1 heterocycles. The number of hydrogen-bond donors (Lipinski definition) is 3. The predicted octanol–water partition coefficient (Wildman–Crippen LogP) is 1.24. The van der Waals surface area contributed by atoms with Crippen LogP contribution < -0.4 is 5.56 Å². The molecule has 2 rings (SSSR count). The maximum Gasteiger partial charge on any atom is 0.341 e. The summed E-state index contributed by atoms with van der Waals surface area (Å²) < 4.78 is 0. The number of hydrogen-bond acceptors (Lipinski definition) is 3. The van der Waals surface area contributed by atoms with Crippen LogP contribution in [0, 0.1) is 6.92 Å². The molecule has 2 aromatic rings. The van der Waals surface area contributed by atoms with Crippen LogP contribution in [-0.4, -0.2) is 21.2 Å². The highest BCUT2D eigenvalue weighted by Crippen LogP contribution is 2.24. The van der Waals surface area contributed by atoms with E-state index in [2.05, 4.69) is 4.98 Å². The number of phenolic OH excluding ortho intramolecular Hbond substituents is 1. The van der Waals surface area contributed by atoms with E-state index >= 15 is 0 Å². The van der Waals surface area contributed by atoms with Gasteiger partial charge in [0, 0.05) is 5.39 Å². The van der Waals surface area contributed by atoms with Crippen molar-refractivity contribution in [3.63, 3.8) is 0 Å². The Morgan fingerprint density at radius 1 is 1.38 bits per heavy atom. The van der Waals surface area contributed by atoms with E-state index in [-0.39, 0.29) is 16.8 Å². The Morgan fingerprint density at radius 3 is 2.69 bits per heavy atom. The van der Waals surface area contributed by atoms with Crippen molar-refractivity contribution in [1.82, 2.24) is 4.98 Å². The summed E-state index contributed by atoms with van der Waals surface area (Å²) >= 11 is 0. The summed E-state index contributed by atoms with van der Waals surface area (Å²) in [6, 6.07) is 4.67. The molecule has 0 bridgehead atoms. The first-order valence-electron chi connectivity index (χ1n) is 4.60. The number of aryl methyl sites for hydroxylation is 1. The molecule has 1 aromatic carbocycles. The minimum Gasteiger partial charge on any atom is -0.506 e. The van der Waals surface area contributed by atoms with Gasteiger partial charge in [0.05, 0.1) is 5.52 Å². The highest BCUT2D eigenvalue weighted by atomic mass is 16.4. The van der Waals surface area contributed by atoms with Crippen molar-refractivity contribution in [1.29, 1.82) is 0 Å². The summed E-state index contributed by atoms with van der Waals surface area (Å²) in [5.41, 5.74) is -0.394. The second-order valence-electron chi connectivity index (χ2n) is 3.46. The zero-order valence-electron chi connectivity index (χ0n) is 8.44. The molecule has 1 aromatic heterocycles. The highest BCUT2D eigenvalue weighted by Gasteiger charge is 2.16. The monoisotopic (exact) mass is 219 g/mol. The molecule has 5 heteroatoms. The second kappa shape index (κ2) is 3.37. The van der Waals surface area contributed by atoms with Crippen molar-refractivity contribution in [2.24, 2.45) is 0 Å². The standard InChI is InChI=1S/C11H9NO4/c1-5-6-3-2-4-7(13)9(6)12-10(14)8(5)11(15)16/h2-4,13H,1H3,(H,12,14)(H,15,16). The number of carbonyl (C=O) groups is 1. The second-order valence-corrected chi connectivity index (χ2v) is 3.46. The van der Waals surface area contributed by atoms with Gasteiger partial charge in [0.25, 0.3) is 5.56 Å². The maximum absolute atomic E-state index is 11.5. The zero-order chi connectivity index (χ0) is 11.9. The Morgan fingerprint density at radius 2 is 2.06 bits per heavy atom. The van der Waals surface area contributed by atoms with Gasteiger partial charge in [-0.1, -0.05) is 12.1 Å². The Kier molecular flexibility index (Phi) is 2.16. The lowest BCUT2D eigenvalue weighted by atomic mass is 10.0. The molecule has 0 spiro atoms. The topological polar surface area (TPSA) is 90.4 Å². The third kappa shape index (κ3) is 1.33. The highest BCUT2D eigenvalue weighted by molar-refractivity contribution is 5.97. The Balaban J connectivity index is 3.01. The van der Waals surface area contributed by atoms with E-state index in [0.29, 0.717) is 10.9 Å².